The van der Waals surface area contributed by atoms with E-state index < -0.39 is 15.1 Å². The monoisotopic (exact) mass is 241 g/mol. The third-order valence-corrected chi connectivity index (χ3v) is 5.26. The molecule has 0 aliphatic heterocycles. The van der Waals surface area contributed by atoms with Crippen LogP contribution in [0.15, 0.2) is 23.1 Å². The number of nitrogens with two attached hydrogens (primary N) is 1. The van der Waals surface area contributed by atoms with Crippen molar-refractivity contribution in [2.75, 3.05) is 6.54 Å². The minimum absolute atomic E-state index is 0.173. The van der Waals surface area contributed by atoms with Crippen molar-refractivity contribution < 1.29 is 8.42 Å². The van der Waals surface area contributed by atoms with Gasteiger partial charge in [0.05, 0.1) is 10.1 Å². The molecule has 1 rings (SSSR count). The maximum absolute atomic E-state index is 12.3. The lowest BCUT2D eigenvalue weighted by molar-refractivity contribution is 0.575. The first-order chi connectivity index (χ1) is 7.43. The topological polar surface area (TPSA) is 60.2 Å². The fourth-order valence-electron chi connectivity index (χ4n) is 1.71. The van der Waals surface area contributed by atoms with Crippen molar-refractivity contribution in [3.05, 3.63) is 29.3 Å². The highest BCUT2D eigenvalue weighted by molar-refractivity contribution is 7.92. The summed E-state index contributed by atoms with van der Waals surface area (Å²) >= 11 is 0. The summed E-state index contributed by atoms with van der Waals surface area (Å²) in [6.45, 7) is 5.73. The Hall–Kier alpha value is -0.870. The minimum atomic E-state index is -3.28. The lowest BCUT2D eigenvalue weighted by Crippen LogP contribution is -2.29. The van der Waals surface area contributed by atoms with E-state index in [1.165, 1.54) is 0 Å². The van der Waals surface area contributed by atoms with Gasteiger partial charge in [0, 0.05) is 6.54 Å². The second-order valence-electron chi connectivity index (χ2n) is 4.08. The Bertz CT molecular complexity index is 462. The summed E-state index contributed by atoms with van der Waals surface area (Å²) < 4.78 is 24.6. The minimum Gasteiger partial charge on any atom is -0.329 e. The molecule has 90 valence electrons. The second-order valence-corrected chi connectivity index (χ2v) is 6.28. The number of hydrogen-bond donors (Lipinski definition) is 1. The van der Waals surface area contributed by atoms with Crippen molar-refractivity contribution in [2.45, 2.75) is 37.3 Å². The van der Waals surface area contributed by atoms with E-state index in [0.29, 0.717) is 11.3 Å². The molecule has 0 saturated heterocycles. The molecule has 0 aromatic heterocycles. The highest BCUT2D eigenvalue weighted by Crippen LogP contribution is 2.22. The SMILES string of the molecule is CCC(CN)S(=O)(=O)c1cc(C)ccc1C. The third-order valence-electron chi connectivity index (χ3n) is 2.81. The van der Waals surface area contributed by atoms with E-state index in [9.17, 15) is 8.42 Å². The molecule has 0 saturated carbocycles. The number of sulfone groups is 1. The van der Waals surface area contributed by atoms with E-state index in [1.54, 1.807) is 6.07 Å². The first kappa shape index (κ1) is 13.2. The molecule has 1 aromatic carbocycles. The summed E-state index contributed by atoms with van der Waals surface area (Å²) in [4.78, 5) is 0.421. The predicted molar refractivity (Wildman–Crippen MR) is 66.2 cm³/mol. The number of hydrogen-bond acceptors (Lipinski definition) is 3. The first-order valence-electron chi connectivity index (χ1n) is 5.44. The zero-order valence-electron chi connectivity index (χ0n) is 10.0. The van der Waals surface area contributed by atoms with Gasteiger partial charge >= 0.3 is 0 Å². The molecule has 0 aliphatic carbocycles. The number of aryl methyl sites for hydroxylation is 2. The van der Waals surface area contributed by atoms with E-state index in [1.807, 2.05) is 32.9 Å². The molecule has 0 radical (unpaired) electrons. The molecule has 0 amide bonds. The van der Waals surface area contributed by atoms with Gasteiger partial charge in [-0.1, -0.05) is 19.1 Å². The molecule has 1 atom stereocenters. The fraction of sp³-hybridized carbons (Fsp3) is 0.500. The van der Waals surface area contributed by atoms with Crippen LogP contribution in [0.5, 0.6) is 0 Å². The largest absolute Gasteiger partial charge is 0.329 e. The molecular weight excluding hydrogens is 222 g/mol. The zero-order valence-corrected chi connectivity index (χ0v) is 10.8. The highest BCUT2D eigenvalue weighted by Gasteiger charge is 2.26. The van der Waals surface area contributed by atoms with Crippen LogP contribution in [0.2, 0.25) is 0 Å². The van der Waals surface area contributed by atoms with Crippen LogP contribution in [-0.2, 0) is 9.84 Å². The molecule has 0 heterocycles. The van der Waals surface area contributed by atoms with Crippen LogP contribution in [-0.4, -0.2) is 20.2 Å². The quantitative estimate of drug-likeness (QED) is 0.874. The first-order valence-corrected chi connectivity index (χ1v) is 6.99. The van der Waals surface area contributed by atoms with Crippen molar-refractivity contribution in [1.29, 1.82) is 0 Å². The average molecular weight is 241 g/mol. The molecule has 4 heteroatoms. The molecular formula is C12H19NO2S. The van der Waals surface area contributed by atoms with Gasteiger partial charge in [-0.3, -0.25) is 0 Å². The van der Waals surface area contributed by atoms with Gasteiger partial charge in [-0.25, -0.2) is 8.42 Å². The van der Waals surface area contributed by atoms with Crippen LogP contribution < -0.4 is 5.73 Å². The van der Waals surface area contributed by atoms with Gasteiger partial charge in [-0.05, 0) is 37.5 Å². The van der Waals surface area contributed by atoms with Crippen LogP contribution in [0.1, 0.15) is 24.5 Å². The molecule has 2 N–H and O–H groups in total. The van der Waals surface area contributed by atoms with E-state index in [-0.39, 0.29) is 6.54 Å². The van der Waals surface area contributed by atoms with Gasteiger partial charge in [0.2, 0.25) is 0 Å². The van der Waals surface area contributed by atoms with Crippen LogP contribution in [0, 0.1) is 13.8 Å². The Labute approximate surface area is 97.6 Å². The van der Waals surface area contributed by atoms with Gasteiger partial charge in [-0.2, -0.15) is 0 Å². The maximum Gasteiger partial charge on any atom is 0.182 e. The molecule has 0 aliphatic rings. The van der Waals surface area contributed by atoms with Crippen molar-refractivity contribution >= 4 is 9.84 Å². The van der Waals surface area contributed by atoms with E-state index in [4.69, 9.17) is 5.73 Å². The van der Waals surface area contributed by atoms with Gasteiger partial charge < -0.3 is 5.73 Å². The molecule has 3 nitrogen and oxygen atoms in total. The average Bonchev–Trinajstić information content (AvgIpc) is 2.23. The van der Waals surface area contributed by atoms with Gasteiger partial charge in [0.25, 0.3) is 0 Å². The molecule has 16 heavy (non-hydrogen) atoms. The third kappa shape index (κ3) is 2.44. The normalized spacial score (nSPS) is 13.8. The maximum atomic E-state index is 12.3. The Morgan fingerprint density at radius 1 is 1.31 bits per heavy atom. The number of benzene rings is 1. The molecule has 1 unspecified atom stereocenters. The summed E-state index contributed by atoms with van der Waals surface area (Å²) in [5, 5.41) is -0.479. The Morgan fingerprint density at radius 2 is 1.94 bits per heavy atom. The molecule has 0 bridgehead atoms. The molecule has 1 aromatic rings. The Kier molecular flexibility index (Phi) is 4.10. The van der Waals surface area contributed by atoms with Crippen molar-refractivity contribution in [3.63, 3.8) is 0 Å². The van der Waals surface area contributed by atoms with Gasteiger partial charge in [0.1, 0.15) is 0 Å². The fourth-order valence-corrected chi connectivity index (χ4v) is 3.62. The van der Waals surface area contributed by atoms with E-state index in [0.717, 1.165) is 11.1 Å². The summed E-state index contributed by atoms with van der Waals surface area (Å²) in [7, 11) is -3.28. The second kappa shape index (κ2) is 4.97. The predicted octanol–water partition coefficient (Wildman–Crippen LogP) is 1.81. The van der Waals surface area contributed by atoms with E-state index in [2.05, 4.69) is 0 Å². The summed E-state index contributed by atoms with van der Waals surface area (Å²) in [5.74, 6) is 0. The van der Waals surface area contributed by atoms with Crippen molar-refractivity contribution in [1.82, 2.24) is 0 Å². The molecule has 0 spiro atoms. The van der Waals surface area contributed by atoms with Crippen LogP contribution >= 0.6 is 0 Å². The van der Waals surface area contributed by atoms with Crippen LogP contribution in [0.3, 0.4) is 0 Å². The zero-order chi connectivity index (χ0) is 12.3. The molecule has 0 fully saturated rings. The Morgan fingerprint density at radius 3 is 2.44 bits per heavy atom. The van der Waals surface area contributed by atoms with Gasteiger partial charge in [0.15, 0.2) is 9.84 Å². The van der Waals surface area contributed by atoms with E-state index >= 15 is 0 Å². The summed E-state index contributed by atoms with van der Waals surface area (Å²) in [6, 6.07) is 5.48. The van der Waals surface area contributed by atoms with Crippen molar-refractivity contribution in [2.24, 2.45) is 5.73 Å². The lowest BCUT2D eigenvalue weighted by Gasteiger charge is -2.15. The van der Waals surface area contributed by atoms with Crippen molar-refractivity contribution in [3.8, 4) is 0 Å². The summed E-state index contributed by atoms with van der Waals surface area (Å²) in [5.41, 5.74) is 7.26. The van der Waals surface area contributed by atoms with Gasteiger partial charge in [-0.15, -0.1) is 0 Å². The number of rotatable bonds is 4. The smallest absolute Gasteiger partial charge is 0.182 e. The Balaban J connectivity index is 3.31. The highest BCUT2D eigenvalue weighted by atomic mass is 32.2. The standard InChI is InChI=1S/C12H19NO2S/c1-4-11(8-13)16(14,15)12-7-9(2)5-6-10(12)3/h5-7,11H,4,8,13H2,1-3H3. The summed E-state index contributed by atoms with van der Waals surface area (Å²) in [6.07, 6.45) is 0.548. The van der Waals surface area contributed by atoms with Crippen LogP contribution in [0.4, 0.5) is 0 Å². The van der Waals surface area contributed by atoms with Crippen LogP contribution in [0.25, 0.3) is 0 Å². The lowest BCUT2D eigenvalue weighted by atomic mass is 10.2.